The topological polar surface area (TPSA) is 61.4 Å². The molecule has 2 heterocycles. The summed E-state index contributed by atoms with van der Waals surface area (Å²) in [5.41, 5.74) is 0. The van der Waals surface area contributed by atoms with Gasteiger partial charge in [-0.1, -0.05) is 6.92 Å². The van der Waals surface area contributed by atoms with Gasteiger partial charge in [0.1, 0.15) is 6.04 Å². The van der Waals surface area contributed by atoms with Crippen LogP contribution in [-0.4, -0.2) is 48.9 Å². The molecule has 5 nitrogen and oxygen atoms in total. The van der Waals surface area contributed by atoms with Gasteiger partial charge in [0, 0.05) is 19.5 Å². The highest BCUT2D eigenvalue weighted by Gasteiger charge is 2.31. The van der Waals surface area contributed by atoms with Crippen LogP contribution in [0.1, 0.15) is 39.0 Å². The van der Waals surface area contributed by atoms with E-state index in [4.69, 9.17) is 0 Å². The third kappa shape index (κ3) is 3.69. The molecular weight excluding hydrogens is 242 g/mol. The monoisotopic (exact) mass is 267 g/mol. The first-order valence-corrected chi connectivity index (χ1v) is 7.50. The van der Waals surface area contributed by atoms with Crippen LogP contribution in [0.25, 0.3) is 0 Å². The Balaban J connectivity index is 1.74. The van der Waals surface area contributed by atoms with Crippen molar-refractivity contribution in [1.82, 2.24) is 15.5 Å². The second-order valence-electron chi connectivity index (χ2n) is 5.55. The van der Waals surface area contributed by atoms with Gasteiger partial charge in [-0.05, 0) is 44.7 Å². The number of carbonyl (C=O) groups excluding carboxylic acids is 2. The van der Waals surface area contributed by atoms with E-state index >= 15 is 0 Å². The van der Waals surface area contributed by atoms with Crippen molar-refractivity contribution in [3.8, 4) is 0 Å². The van der Waals surface area contributed by atoms with Crippen molar-refractivity contribution in [2.75, 3.05) is 26.2 Å². The number of nitrogens with zero attached hydrogens (tertiary/aromatic N) is 1. The number of carbonyl (C=O) groups is 2. The molecule has 2 aliphatic rings. The molecule has 0 aliphatic carbocycles. The van der Waals surface area contributed by atoms with Crippen molar-refractivity contribution in [2.45, 2.75) is 45.1 Å². The third-order valence-corrected chi connectivity index (χ3v) is 4.19. The number of amides is 2. The largest absolute Gasteiger partial charge is 0.354 e. The van der Waals surface area contributed by atoms with Gasteiger partial charge in [-0.2, -0.15) is 0 Å². The minimum atomic E-state index is -0.267. The molecule has 2 fully saturated rings. The first-order chi connectivity index (χ1) is 9.22. The molecule has 5 heteroatoms. The van der Waals surface area contributed by atoms with Crippen molar-refractivity contribution in [3.63, 3.8) is 0 Å². The molecule has 0 aromatic carbocycles. The van der Waals surface area contributed by atoms with E-state index in [1.54, 1.807) is 4.90 Å². The van der Waals surface area contributed by atoms with E-state index in [1.165, 1.54) is 6.42 Å². The Bertz CT molecular complexity index is 327. The fourth-order valence-electron chi connectivity index (χ4n) is 3.02. The van der Waals surface area contributed by atoms with Gasteiger partial charge < -0.3 is 15.5 Å². The van der Waals surface area contributed by atoms with Gasteiger partial charge in [0.05, 0.1) is 0 Å². The predicted molar refractivity (Wildman–Crippen MR) is 73.6 cm³/mol. The first-order valence-electron chi connectivity index (χ1n) is 7.50. The maximum Gasteiger partial charge on any atom is 0.242 e. The van der Waals surface area contributed by atoms with Crippen LogP contribution < -0.4 is 10.6 Å². The van der Waals surface area contributed by atoms with Gasteiger partial charge >= 0.3 is 0 Å². The van der Waals surface area contributed by atoms with Gasteiger partial charge in [-0.3, -0.25) is 9.59 Å². The van der Waals surface area contributed by atoms with Crippen molar-refractivity contribution in [2.24, 2.45) is 5.92 Å². The highest BCUT2D eigenvalue weighted by atomic mass is 16.2. The lowest BCUT2D eigenvalue weighted by Gasteiger charge is -2.26. The molecule has 0 saturated carbocycles. The van der Waals surface area contributed by atoms with Gasteiger partial charge in [0.15, 0.2) is 0 Å². The quantitative estimate of drug-likeness (QED) is 0.737. The van der Waals surface area contributed by atoms with E-state index in [9.17, 15) is 9.59 Å². The summed E-state index contributed by atoms with van der Waals surface area (Å²) in [4.78, 5) is 25.6. The Morgan fingerprint density at radius 1 is 1.58 bits per heavy atom. The first kappa shape index (κ1) is 14.3. The van der Waals surface area contributed by atoms with Gasteiger partial charge in [0.2, 0.25) is 11.8 Å². The van der Waals surface area contributed by atoms with E-state index in [-0.39, 0.29) is 17.9 Å². The molecule has 2 amide bonds. The molecule has 2 rings (SSSR count). The molecule has 2 aliphatic heterocycles. The fourth-order valence-corrected chi connectivity index (χ4v) is 3.02. The molecule has 2 saturated heterocycles. The second kappa shape index (κ2) is 6.89. The van der Waals surface area contributed by atoms with Crippen LogP contribution in [0.5, 0.6) is 0 Å². The zero-order valence-electron chi connectivity index (χ0n) is 11.8. The Morgan fingerprint density at radius 3 is 3.00 bits per heavy atom. The number of rotatable bonds is 6. The zero-order chi connectivity index (χ0) is 13.7. The summed E-state index contributed by atoms with van der Waals surface area (Å²) < 4.78 is 0. The summed E-state index contributed by atoms with van der Waals surface area (Å²) in [6.07, 6.45) is 4.41. The Labute approximate surface area is 115 Å². The lowest BCUT2D eigenvalue weighted by molar-refractivity contribution is -0.137. The molecule has 2 atom stereocenters. The minimum Gasteiger partial charge on any atom is -0.354 e. The number of hydrogen-bond donors (Lipinski definition) is 2. The average molecular weight is 267 g/mol. The van der Waals surface area contributed by atoms with Crippen LogP contribution in [0.15, 0.2) is 0 Å². The predicted octanol–water partition coefficient (Wildman–Crippen LogP) is 0.503. The Morgan fingerprint density at radius 2 is 2.42 bits per heavy atom. The normalized spacial score (nSPS) is 24.8. The summed E-state index contributed by atoms with van der Waals surface area (Å²) in [6, 6.07) is -0.267. The smallest absolute Gasteiger partial charge is 0.242 e. The Hall–Kier alpha value is -1.10. The van der Waals surface area contributed by atoms with E-state index < -0.39 is 0 Å². The fraction of sp³-hybridized carbons (Fsp3) is 0.857. The van der Waals surface area contributed by atoms with Gasteiger partial charge in [-0.25, -0.2) is 0 Å². The lowest BCUT2D eigenvalue weighted by Crippen LogP contribution is -2.47. The number of hydrogen-bond acceptors (Lipinski definition) is 3. The Kier molecular flexibility index (Phi) is 5.19. The van der Waals surface area contributed by atoms with Gasteiger partial charge in [0.25, 0.3) is 0 Å². The highest BCUT2D eigenvalue weighted by molar-refractivity contribution is 5.88. The summed E-state index contributed by atoms with van der Waals surface area (Å²) in [7, 11) is 0. The molecule has 2 N–H and O–H groups in total. The van der Waals surface area contributed by atoms with Crippen LogP contribution >= 0.6 is 0 Å². The van der Waals surface area contributed by atoms with Crippen molar-refractivity contribution in [1.29, 1.82) is 0 Å². The highest BCUT2D eigenvalue weighted by Crippen LogP contribution is 2.16. The lowest BCUT2D eigenvalue weighted by atomic mass is 10.1. The molecule has 0 radical (unpaired) electrons. The summed E-state index contributed by atoms with van der Waals surface area (Å²) in [5, 5.41) is 6.33. The van der Waals surface area contributed by atoms with Gasteiger partial charge in [-0.15, -0.1) is 0 Å². The zero-order valence-corrected chi connectivity index (χ0v) is 11.8. The maximum absolute atomic E-state index is 12.2. The van der Waals surface area contributed by atoms with E-state index in [0.29, 0.717) is 18.8 Å². The van der Waals surface area contributed by atoms with E-state index in [1.807, 2.05) is 6.92 Å². The van der Waals surface area contributed by atoms with Crippen molar-refractivity contribution in [3.05, 3.63) is 0 Å². The molecule has 0 aromatic rings. The average Bonchev–Trinajstić information content (AvgIpc) is 3.03. The van der Waals surface area contributed by atoms with Crippen LogP contribution in [-0.2, 0) is 9.59 Å². The standard InChI is InChI=1S/C14H25N3O2/c1-2-12(17-9-3-4-13(17)18)14(19)16-8-6-11-5-7-15-10-11/h11-12,15H,2-10H2,1H3,(H,16,19). The molecular formula is C14H25N3O2. The molecule has 19 heavy (non-hydrogen) atoms. The third-order valence-electron chi connectivity index (χ3n) is 4.19. The number of nitrogens with one attached hydrogen (secondary N) is 2. The van der Waals surface area contributed by atoms with Crippen molar-refractivity contribution < 1.29 is 9.59 Å². The summed E-state index contributed by atoms with van der Waals surface area (Å²) >= 11 is 0. The molecule has 0 spiro atoms. The molecule has 0 bridgehead atoms. The van der Waals surface area contributed by atoms with E-state index in [0.717, 1.165) is 39.0 Å². The molecule has 2 unspecified atom stereocenters. The number of likely N-dealkylation sites (tertiary alicyclic amines) is 1. The molecule has 108 valence electrons. The SMILES string of the molecule is CCC(C(=O)NCCC1CCNC1)N1CCCC1=O. The van der Waals surface area contributed by atoms with E-state index in [2.05, 4.69) is 10.6 Å². The van der Waals surface area contributed by atoms with Crippen LogP contribution in [0, 0.1) is 5.92 Å². The maximum atomic E-state index is 12.2. The van der Waals surface area contributed by atoms with Crippen molar-refractivity contribution >= 4 is 11.8 Å². The summed E-state index contributed by atoms with van der Waals surface area (Å²) in [5.74, 6) is 0.833. The minimum absolute atomic E-state index is 0.0173. The summed E-state index contributed by atoms with van der Waals surface area (Å²) in [6.45, 7) is 5.59. The van der Waals surface area contributed by atoms with Crippen LogP contribution in [0.3, 0.4) is 0 Å². The second-order valence-corrected chi connectivity index (χ2v) is 5.55. The van der Waals surface area contributed by atoms with Crippen LogP contribution in [0.4, 0.5) is 0 Å². The van der Waals surface area contributed by atoms with Crippen LogP contribution in [0.2, 0.25) is 0 Å². The molecule has 0 aromatic heterocycles.